The van der Waals surface area contributed by atoms with E-state index in [-0.39, 0.29) is 50.8 Å². The maximum atomic E-state index is 13.4. The summed E-state index contributed by atoms with van der Waals surface area (Å²) in [6.07, 6.45) is 3.12. The molecule has 0 aliphatic carbocycles. The number of rotatable bonds is 8. The number of carboxylic acid groups (broad SMARTS) is 1. The fraction of sp³-hybridized carbons (Fsp3) is 0. The highest BCUT2D eigenvalue weighted by Gasteiger charge is 2.38. The summed E-state index contributed by atoms with van der Waals surface area (Å²) >= 11 is 0. The van der Waals surface area contributed by atoms with Crippen LogP contribution in [0.25, 0.3) is 6.08 Å². The molecule has 2 aliphatic rings. The number of ether oxygens (including phenoxy) is 1. The molecule has 0 aromatic heterocycles. The van der Waals surface area contributed by atoms with Gasteiger partial charge >= 0.3 is 5.97 Å². The lowest BCUT2D eigenvalue weighted by molar-refractivity contribution is 0.0695. The number of hydrogen-bond acceptors (Lipinski definition) is 7. The van der Waals surface area contributed by atoms with Crippen molar-refractivity contribution in [3.63, 3.8) is 0 Å². The average Bonchev–Trinajstić information content (AvgIpc) is 3.50. The smallest absolute Gasteiger partial charge is 0.335 e. The van der Waals surface area contributed by atoms with Gasteiger partial charge in [-0.05, 0) is 72.3 Å². The highest BCUT2D eigenvalue weighted by atomic mass is 16.5. The van der Waals surface area contributed by atoms with Gasteiger partial charge in [0.25, 0.3) is 23.6 Å². The maximum Gasteiger partial charge on any atom is 0.335 e. The molecule has 0 saturated heterocycles. The largest absolute Gasteiger partial charge is 0.478 e. The van der Waals surface area contributed by atoms with E-state index in [1.54, 1.807) is 66.7 Å². The zero-order chi connectivity index (χ0) is 33.5. The third-order valence-corrected chi connectivity index (χ3v) is 7.94. The molecule has 5 aromatic rings. The number of benzene rings is 5. The molecule has 2 aliphatic heterocycles. The van der Waals surface area contributed by atoms with E-state index < -0.39 is 29.6 Å². The van der Waals surface area contributed by atoms with Gasteiger partial charge in [-0.3, -0.25) is 24.0 Å². The Bertz CT molecular complexity index is 2240. The Labute approximate surface area is 272 Å². The number of hydrogen-bond donors (Lipinski definition) is 1. The Hall–Kier alpha value is -6.94. The number of anilines is 2. The summed E-state index contributed by atoms with van der Waals surface area (Å²) < 4.78 is 5.98. The first-order chi connectivity index (χ1) is 23.2. The first-order valence-electron chi connectivity index (χ1n) is 14.6. The minimum Gasteiger partial charge on any atom is -0.478 e. The number of nitrogens with zero attached hydrogens (tertiary/aromatic N) is 2. The summed E-state index contributed by atoms with van der Waals surface area (Å²) in [6.45, 7) is 0. The Morgan fingerprint density at radius 3 is 1.83 bits per heavy atom. The van der Waals surface area contributed by atoms with E-state index in [2.05, 4.69) is 0 Å². The molecule has 1 N–H and O–H groups in total. The molecule has 0 fully saturated rings. The van der Waals surface area contributed by atoms with Gasteiger partial charge in [0.1, 0.15) is 11.5 Å². The lowest BCUT2D eigenvalue weighted by atomic mass is 10.1. The van der Waals surface area contributed by atoms with E-state index >= 15 is 0 Å². The summed E-state index contributed by atoms with van der Waals surface area (Å²) in [5.74, 6) is -3.18. The number of aromatic carboxylic acids is 1. The summed E-state index contributed by atoms with van der Waals surface area (Å²) in [5.41, 5.74) is 2.14. The van der Waals surface area contributed by atoms with Gasteiger partial charge in [0.05, 0.1) is 39.2 Å². The minimum absolute atomic E-state index is 0.0122. The van der Waals surface area contributed by atoms with E-state index in [9.17, 15) is 33.9 Å². The van der Waals surface area contributed by atoms with Gasteiger partial charge in [-0.25, -0.2) is 14.6 Å². The Balaban J connectivity index is 1.07. The Morgan fingerprint density at radius 1 is 0.542 bits per heavy atom. The second-order valence-electron chi connectivity index (χ2n) is 10.9. The molecule has 7 rings (SSSR count). The van der Waals surface area contributed by atoms with Crippen molar-refractivity contribution in [2.24, 2.45) is 0 Å². The second-order valence-corrected chi connectivity index (χ2v) is 10.9. The third kappa shape index (κ3) is 5.23. The molecular weight excluding hydrogens is 612 g/mol. The molecule has 0 spiro atoms. The van der Waals surface area contributed by atoms with Crippen LogP contribution in [0.15, 0.2) is 121 Å². The quantitative estimate of drug-likeness (QED) is 0.113. The van der Waals surface area contributed by atoms with Crippen LogP contribution in [0.1, 0.15) is 67.7 Å². The fourth-order valence-electron chi connectivity index (χ4n) is 5.55. The van der Waals surface area contributed by atoms with E-state index in [1.807, 2.05) is 6.07 Å². The van der Waals surface area contributed by atoms with Crippen molar-refractivity contribution in [1.82, 2.24) is 0 Å². The van der Waals surface area contributed by atoms with Crippen LogP contribution in [0, 0.1) is 0 Å². The van der Waals surface area contributed by atoms with E-state index in [4.69, 9.17) is 4.74 Å². The number of fused-ring (bicyclic) bond motifs is 2. The number of allylic oxidation sites excluding steroid dienone is 1. The maximum absolute atomic E-state index is 13.4. The second kappa shape index (κ2) is 11.8. The normalized spacial score (nSPS) is 13.7. The van der Waals surface area contributed by atoms with Crippen LogP contribution in [-0.4, -0.2) is 40.5 Å². The SMILES string of the molecule is O=C(O)c1ccc2c(c1)C(=O)N(c1cccc(Oc3ccc4c(c3)C(=O)N(c3ccc(/C=C/C(=O)c5ccccc5)cc3)C4=O)c1)C2=O. The summed E-state index contributed by atoms with van der Waals surface area (Å²) in [4.78, 5) is 78.6. The summed E-state index contributed by atoms with van der Waals surface area (Å²) in [5, 5.41) is 9.28. The molecule has 232 valence electrons. The predicted octanol–water partition coefficient (Wildman–Crippen LogP) is 6.67. The minimum atomic E-state index is -1.22. The molecular formula is C38H22N2O8. The van der Waals surface area contributed by atoms with Gasteiger partial charge < -0.3 is 9.84 Å². The van der Waals surface area contributed by atoms with Crippen LogP contribution in [-0.2, 0) is 0 Å². The van der Waals surface area contributed by atoms with Crippen LogP contribution in [0.2, 0.25) is 0 Å². The van der Waals surface area contributed by atoms with Crippen LogP contribution in [0.5, 0.6) is 11.5 Å². The first kappa shape index (κ1) is 29.8. The van der Waals surface area contributed by atoms with Gasteiger partial charge in [0.15, 0.2) is 5.78 Å². The number of carbonyl (C=O) groups excluding carboxylic acids is 5. The number of imide groups is 2. The highest BCUT2D eigenvalue weighted by molar-refractivity contribution is 6.35. The molecule has 2 heterocycles. The van der Waals surface area contributed by atoms with Crippen LogP contribution in [0.3, 0.4) is 0 Å². The van der Waals surface area contributed by atoms with Crippen molar-refractivity contribution in [2.45, 2.75) is 0 Å². The zero-order valence-corrected chi connectivity index (χ0v) is 24.8. The fourth-order valence-corrected chi connectivity index (χ4v) is 5.55. The van der Waals surface area contributed by atoms with E-state index in [0.29, 0.717) is 16.8 Å². The Kier molecular flexibility index (Phi) is 7.30. The van der Waals surface area contributed by atoms with E-state index in [1.165, 1.54) is 54.6 Å². The third-order valence-electron chi connectivity index (χ3n) is 7.94. The highest BCUT2D eigenvalue weighted by Crippen LogP contribution is 2.35. The standard InChI is InChI=1S/C38H22N2O8/c41-33(23-5-2-1-3-6-23)18-11-22-9-13-25(14-10-22)39-34(42)30-17-15-28(21-32(30)37(39)45)48-27-8-4-7-26(20-27)40-35(43)29-16-12-24(38(46)47)19-31(29)36(40)44/h1-21H,(H,46,47)/b18-11+. The Morgan fingerprint density at radius 2 is 1.15 bits per heavy atom. The molecule has 48 heavy (non-hydrogen) atoms. The topological polar surface area (TPSA) is 138 Å². The molecule has 10 heteroatoms. The molecule has 0 saturated carbocycles. The van der Waals surface area contributed by atoms with Gasteiger partial charge in [-0.1, -0.05) is 54.6 Å². The molecule has 4 amide bonds. The lowest BCUT2D eigenvalue weighted by Gasteiger charge is -2.15. The zero-order valence-electron chi connectivity index (χ0n) is 24.8. The van der Waals surface area contributed by atoms with Gasteiger partial charge in [-0.15, -0.1) is 0 Å². The monoisotopic (exact) mass is 634 g/mol. The first-order valence-corrected chi connectivity index (χ1v) is 14.6. The molecule has 0 atom stereocenters. The average molecular weight is 635 g/mol. The molecule has 0 bridgehead atoms. The lowest BCUT2D eigenvalue weighted by Crippen LogP contribution is -2.29. The van der Waals surface area contributed by atoms with Gasteiger partial charge in [0.2, 0.25) is 0 Å². The van der Waals surface area contributed by atoms with Crippen molar-refractivity contribution in [3.8, 4) is 11.5 Å². The number of carbonyl (C=O) groups is 6. The number of ketones is 1. The van der Waals surface area contributed by atoms with Gasteiger partial charge in [-0.2, -0.15) is 0 Å². The summed E-state index contributed by atoms with van der Waals surface area (Å²) in [6, 6.07) is 29.9. The van der Waals surface area contributed by atoms with Crippen molar-refractivity contribution in [1.29, 1.82) is 0 Å². The summed E-state index contributed by atoms with van der Waals surface area (Å²) in [7, 11) is 0. The van der Waals surface area contributed by atoms with E-state index in [0.717, 1.165) is 9.80 Å². The van der Waals surface area contributed by atoms with Crippen molar-refractivity contribution in [3.05, 3.63) is 160 Å². The molecule has 0 unspecified atom stereocenters. The predicted molar refractivity (Wildman–Crippen MR) is 175 cm³/mol. The van der Waals surface area contributed by atoms with Gasteiger partial charge in [0, 0.05) is 11.6 Å². The van der Waals surface area contributed by atoms with Crippen molar-refractivity contribution in [2.75, 3.05) is 9.80 Å². The van der Waals surface area contributed by atoms with Crippen LogP contribution < -0.4 is 14.5 Å². The van der Waals surface area contributed by atoms with Crippen molar-refractivity contribution >= 4 is 52.8 Å². The number of amides is 4. The van der Waals surface area contributed by atoms with Crippen LogP contribution in [0.4, 0.5) is 11.4 Å². The molecule has 5 aromatic carbocycles. The van der Waals surface area contributed by atoms with Crippen molar-refractivity contribution < 1.29 is 38.6 Å². The number of carboxylic acids is 1. The molecule has 0 radical (unpaired) electrons. The van der Waals surface area contributed by atoms with Crippen LogP contribution >= 0.6 is 0 Å². The molecule has 10 nitrogen and oxygen atoms in total.